The Labute approximate surface area is 211 Å². The van der Waals surface area contributed by atoms with Gasteiger partial charge in [0.1, 0.15) is 6.61 Å². The molecule has 1 heterocycles. The van der Waals surface area contributed by atoms with Crippen molar-refractivity contribution in [3.63, 3.8) is 0 Å². The second-order valence-corrected chi connectivity index (χ2v) is 9.09. The van der Waals surface area contributed by atoms with Crippen LogP contribution < -0.4 is 0 Å². The first-order chi connectivity index (χ1) is 17.3. The van der Waals surface area contributed by atoms with Gasteiger partial charge in [-0.3, -0.25) is 20.2 Å². The summed E-state index contributed by atoms with van der Waals surface area (Å²) >= 11 is 1.53. The number of benzene rings is 3. The number of hydrogen-bond donors (Lipinski definition) is 0. The maximum Gasteiger partial charge on any atom is 0.269 e. The summed E-state index contributed by atoms with van der Waals surface area (Å²) in [6.07, 6.45) is 1.63. The van der Waals surface area contributed by atoms with Crippen LogP contribution in [0.4, 0.5) is 11.4 Å². The number of aryl methyl sites for hydroxylation is 1. The Morgan fingerprint density at radius 2 is 1.53 bits per heavy atom. The Kier molecular flexibility index (Phi) is 7.45. The number of aromatic nitrogens is 1. The van der Waals surface area contributed by atoms with Gasteiger partial charge < -0.3 is 9.40 Å². The molecule has 3 aromatic carbocycles. The first-order valence-corrected chi connectivity index (χ1v) is 11.7. The van der Waals surface area contributed by atoms with E-state index in [4.69, 9.17) is 4.84 Å². The monoisotopic (exact) mass is 502 g/mol. The lowest BCUT2D eigenvalue weighted by molar-refractivity contribution is -0.385. The van der Waals surface area contributed by atoms with Crippen molar-refractivity contribution in [2.45, 2.75) is 30.2 Å². The molecule has 0 amide bonds. The van der Waals surface area contributed by atoms with Crippen LogP contribution in [0.5, 0.6) is 0 Å². The van der Waals surface area contributed by atoms with Gasteiger partial charge in [-0.25, -0.2) is 0 Å². The third kappa shape index (κ3) is 5.78. The number of nitro groups is 2. The summed E-state index contributed by atoms with van der Waals surface area (Å²) in [5.41, 5.74) is 4.67. The molecule has 0 saturated heterocycles. The summed E-state index contributed by atoms with van der Waals surface area (Å²) < 4.78 is 2.11. The van der Waals surface area contributed by atoms with Crippen LogP contribution in [0.15, 0.2) is 93.8 Å². The van der Waals surface area contributed by atoms with Gasteiger partial charge in [0.2, 0.25) is 0 Å². The molecular formula is C26H22N4O5S. The first kappa shape index (κ1) is 24.7. The summed E-state index contributed by atoms with van der Waals surface area (Å²) in [4.78, 5) is 28.2. The molecule has 9 nitrogen and oxygen atoms in total. The van der Waals surface area contributed by atoms with Gasteiger partial charge in [0, 0.05) is 56.7 Å². The van der Waals surface area contributed by atoms with Crippen molar-refractivity contribution in [3.8, 4) is 5.69 Å². The lowest BCUT2D eigenvalue weighted by Gasteiger charge is -2.10. The zero-order valence-corrected chi connectivity index (χ0v) is 20.3. The predicted octanol–water partition coefficient (Wildman–Crippen LogP) is 6.61. The maximum absolute atomic E-state index is 10.9. The van der Waals surface area contributed by atoms with Crippen LogP contribution >= 0.6 is 11.8 Å². The lowest BCUT2D eigenvalue weighted by atomic mass is 10.2. The largest absolute Gasteiger partial charge is 0.391 e. The van der Waals surface area contributed by atoms with Gasteiger partial charge in [-0.05, 0) is 61.9 Å². The fourth-order valence-electron chi connectivity index (χ4n) is 3.72. The molecule has 0 fully saturated rings. The summed E-state index contributed by atoms with van der Waals surface area (Å²) in [6.45, 7) is 4.13. The van der Waals surface area contributed by atoms with Gasteiger partial charge in [-0.1, -0.05) is 29.1 Å². The van der Waals surface area contributed by atoms with Crippen molar-refractivity contribution in [2.75, 3.05) is 0 Å². The van der Waals surface area contributed by atoms with E-state index in [0.29, 0.717) is 5.56 Å². The average molecular weight is 503 g/mol. The van der Waals surface area contributed by atoms with Crippen LogP contribution in [-0.2, 0) is 11.4 Å². The SMILES string of the molecule is Cc1cc(/C=N\OCc2cccc([N+](=O)[O-])c2)c(C)n1-c1ccc(Sc2ccc([N+](=O)[O-])cc2)cc1. The van der Waals surface area contributed by atoms with Crippen molar-refractivity contribution in [2.24, 2.45) is 5.16 Å². The zero-order chi connectivity index (χ0) is 25.7. The van der Waals surface area contributed by atoms with E-state index in [1.54, 1.807) is 30.5 Å². The van der Waals surface area contributed by atoms with E-state index in [0.717, 1.165) is 32.4 Å². The maximum atomic E-state index is 10.9. The molecule has 0 radical (unpaired) electrons. The first-order valence-electron chi connectivity index (χ1n) is 10.9. The quantitative estimate of drug-likeness (QED) is 0.145. The van der Waals surface area contributed by atoms with Crippen molar-refractivity contribution >= 4 is 29.4 Å². The highest BCUT2D eigenvalue weighted by Crippen LogP contribution is 2.30. The molecule has 1 aromatic heterocycles. The van der Waals surface area contributed by atoms with Crippen molar-refractivity contribution in [3.05, 3.63) is 122 Å². The fraction of sp³-hybridized carbons (Fsp3) is 0.115. The van der Waals surface area contributed by atoms with E-state index in [2.05, 4.69) is 9.72 Å². The second-order valence-electron chi connectivity index (χ2n) is 7.94. The molecule has 0 spiro atoms. The molecule has 0 saturated carbocycles. The minimum absolute atomic E-state index is 0.0146. The van der Waals surface area contributed by atoms with Gasteiger partial charge in [-0.2, -0.15) is 0 Å². The van der Waals surface area contributed by atoms with Crippen LogP contribution in [0.3, 0.4) is 0 Å². The Morgan fingerprint density at radius 3 is 2.17 bits per heavy atom. The normalized spacial score (nSPS) is 11.1. The number of rotatable bonds is 9. The molecule has 0 atom stereocenters. The number of hydrogen-bond acceptors (Lipinski definition) is 7. The number of oxime groups is 1. The molecule has 0 unspecified atom stereocenters. The summed E-state index contributed by atoms with van der Waals surface area (Å²) in [5.74, 6) is 0. The smallest absolute Gasteiger partial charge is 0.269 e. The van der Waals surface area contributed by atoms with Gasteiger partial charge in [0.15, 0.2) is 0 Å². The molecule has 36 heavy (non-hydrogen) atoms. The van der Waals surface area contributed by atoms with Crippen molar-refractivity contribution in [1.82, 2.24) is 4.57 Å². The molecule has 0 aliphatic rings. The van der Waals surface area contributed by atoms with E-state index in [1.807, 2.05) is 44.2 Å². The molecule has 0 N–H and O–H groups in total. The highest BCUT2D eigenvalue weighted by atomic mass is 32.2. The van der Waals surface area contributed by atoms with E-state index < -0.39 is 9.85 Å². The third-order valence-corrected chi connectivity index (χ3v) is 6.48. The third-order valence-electron chi connectivity index (χ3n) is 5.47. The lowest BCUT2D eigenvalue weighted by Crippen LogP contribution is -1.99. The van der Waals surface area contributed by atoms with Crippen molar-refractivity contribution < 1.29 is 14.7 Å². The minimum Gasteiger partial charge on any atom is -0.391 e. The number of nitrogens with zero attached hydrogens (tertiary/aromatic N) is 4. The van der Waals surface area contributed by atoms with Gasteiger partial charge in [0.05, 0.1) is 16.1 Å². The zero-order valence-electron chi connectivity index (χ0n) is 19.5. The topological polar surface area (TPSA) is 113 Å². The average Bonchev–Trinajstić information content (AvgIpc) is 3.15. The molecule has 10 heteroatoms. The van der Waals surface area contributed by atoms with E-state index >= 15 is 0 Å². The van der Waals surface area contributed by atoms with Crippen LogP contribution in [-0.4, -0.2) is 20.6 Å². The fourth-order valence-corrected chi connectivity index (χ4v) is 4.53. The van der Waals surface area contributed by atoms with Crippen molar-refractivity contribution in [1.29, 1.82) is 0 Å². The molecule has 4 aromatic rings. The number of non-ortho nitro benzene ring substituents is 2. The van der Waals surface area contributed by atoms with E-state index in [9.17, 15) is 20.2 Å². The Bertz CT molecular complexity index is 1430. The summed E-state index contributed by atoms with van der Waals surface area (Å²) in [5, 5.41) is 25.8. The predicted molar refractivity (Wildman–Crippen MR) is 138 cm³/mol. The molecule has 182 valence electrons. The molecule has 0 aliphatic heterocycles. The van der Waals surface area contributed by atoms with E-state index in [1.165, 1.54) is 36.0 Å². The van der Waals surface area contributed by atoms with Gasteiger partial charge >= 0.3 is 0 Å². The van der Waals surface area contributed by atoms with Gasteiger partial charge in [0.25, 0.3) is 11.4 Å². The van der Waals surface area contributed by atoms with Crippen LogP contribution in [0.1, 0.15) is 22.5 Å². The molecule has 0 aliphatic carbocycles. The van der Waals surface area contributed by atoms with Crippen LogP contribution in [0.25, 0.3) is 5.69 Å². The Balaban J connectivity index is 1.42. The highest BCUT2D eigenvalue weighted by molar-refractivity contribution is 7.99. The standard InChI is InChI=1S/C26H22N4O5S/c1-18-14-21(16-27-35-17-20-4-3-5-24(15-20)30(33)34)19(2)28(18)22-6-10-25(11-7-22)36-26-12-8-23(9-13-26)29(31)32/h3-16H,17H2,1-2H3/b27-16-. The highest BCUT2D eigenvalue weighted by Gasteiger charge is 2.11. The van der Waals surface area contributed by atoms with Crippen LogP contribution in [0, 0.1) is 34.1 Å². The molecule has 4 rings (SSSR count). The van der Waals surface area contributed by atoms with Gasteiger partial charge in [-0.15, -0.1) is 0 Å². The number of nitro benzene ring substituents is 2. The Hall–Kier alpha value is -4.44. The van der Waals surface area contributed by atoms with E-state index in [-0.39, 0.29) is 18.0 Å². The minimum atomic E-state index is -0.442. The second kappa shape index (κ2) is 10.9. The summed E-state index contributed by atoms with van der Waals surface area (Å²) in [6, 6.07) is 22.8. The molecular weight excluding hydrogens is 480 g/mol. The van der Waals surface area contributed by atoms with Crippen LogP contribution in [0.2, 0.25) is 0 Å². The Morgan fingerprint density at radius 1 is 0.889 bits per heavy atom. The molecule has 0 bridgehead atoms. The summed E-state index contributed by atoms with van der Waals surface area (Å²) in [7, 11) is 0.